The molecule has 11 nitrogen and oxygen atoms in total. The average Bonchev–Trinajstić information content (AvgIpc) is 3.58. The van der Waals surface area contributed by atoms with Crippen molar-refractivity contribution in [3.8, 4) is 0 Å². The van der Waals surface area contributed by atoms with Crippen LogP contribution >= 0.6 is 0 Å². The molecule has 0 bridgehead atoms. The normalized spacial score (nSPS) is 13.6. The number of carbonyl (C=O) groups is 1. The minimum absolute atomic E-state index is 0.0829. The lowest BCUT2D eigenvalue weighted by Crippen LogP contribution is -2.22. The number of primary amides is 1. The average molecular weight is 486 g/mol. The van der Waals surface area contributed by atoms with E-state index < -0.39 is 15.9 Å². The molecular weight excluding hydrogens is 458 g/mol. The lowest BCUT2D eigenvalue weighted by atomic mass is 10.1. The zero-order valence-electron chi connectivity index (χ0n) is 19.1. The number of hydrogen-bond acceptors (Lipinski definition) is 8. The van der Waals surface area contributed by atoms with Crippen molar-refractivity contribution in [3.05, 3.63) is 53.9 Å². The van der Waals surface area contributed by atoms with Crippen LogP contribution in [0.4, 0.5) is 23.0 Å². The van der Waals surface area contributed by atoms with Gasteiger partial charge in [-0.3, -0.25) is 14.3 Å². The second-order valence-corrected chi connectivity index (χ2v) is 9.73. The molecule has 1 aromatic carbocycles. The van der Waals surface area contributed by atoms with Gasteiger partial charge in [0.1, 0.15) is 4.90 Å². The number of nitrogens with zero attached hydrogens (tertiary/aromatic N) is 4. The maximum atomic E-state index is 12.8. The Balaban J connectivity index is 1.79. The van der Waals surface area contributed by atoms with E-state index in [2.05, 4.69) is 20.1 Å². The van der Waals surface area contributed by atoms with Gasteiger partial charge < -0.3 is 11.1 Å². The van der Waals surface area contributed by atoms with Gasteiger partial charge in [0.25, 0.3) is 5.91 Å². The number of amides is 1. The minimum Gasteiger partial charge on any atom is -0.365 e. The third kappa shape index (κ3) is 4.88. The molecule has 180 valence electrons. The van der Waals surface area contributed by atoms with Crippen LogP contribution < -0.4 is 20.8 Å². The van der Waals surface area contributed by atoms with Gasteiger partial charge in [0.15, 0.2) is 11.6 Å². The number of carbonyl (C=O) groups excluding carboxylic acids is 1. The summed E-state index contributed by atoms with van der Waals surface area (Å²) in [7, 11) is -0.644. The Hall–Kier alpha value is -3.48. The number of rotatable bonds is 10. The molecule has 0 spiro atoms. The van der Waals surface area contributed by atoms with Crippen LogP contribution in [-0.4, -0.2) is 42.7 Å². The van der Waals surface area contributed by atoms with E-state index in [1.54, 1.807) is 42.2 Å². The standard InChI is InChI=1S/C22H27N7O4S/c1-4-33-29(20-9-10-28(3)27-20)21-12-18(16(13-25-21)22(23)30)26-17-8-7-15(14-5-6-14)11-19(17)34(31,32)24-2/h7-14,24H,4-6H2,1-3H3,(H2,23,30)(H,25,26). The molecule has 1 saturated carbocycles. The summed E-state index contributed by atoms with van der Waals surface area (Å²) in [5.74, 6) is 0.476. The topological polar surface area (TPSA) is 144 Å². The van der Waals surface area contributed by atoms with Crippen LogP contribution in [0.1, 0.15) is 41.6 Å². The molecule has 1 amide bonds. The molecule has 4 N–H and O–H groups in total. The fourth-order valence-electron chi connectivity index (χ4n) is 3.54. The van der Waals surface area contributed by atoms with Gasteiger partial charge in [0.05, 0.1) is 23.5 Å². The van der Waals surface area contributed by atoms with Crippen molar-refractivity contribution in [1.82, 2.24) is 19.5 Å². The number of benzene rings is 1. The molecule has 1 aliphatic carbocycles. The quantitative estimate of drug-likeness (QED) is 0.372. The summed E-state index contributed by atoms with van der Waals surface area (Å²) in [5, 5.41) is 8.85. The molecule has 4 rings (SSSR count). The zero-order valence-corrected chi connectivity index (χ0v) is 20.0. The van der Waals surface area contributed by atoms with E-state index in [0.29, 0.717) is 29.8 Å². The largest absolute Gasteiger partial charge is 0.365 e. The molecular formula is C22H27N7O4S. The molecule has 0 atom stereocenters. The number of aromatic nitrogens is 3. The van der Waals surface area contributed by atoms with Crippen LogP contribution in [0.5, 0.6) is 0 Å². The Kier molecular flexibility index (Phi) is 6.55. The summed E-state index contributed by atoms with van der Waals surface area (Å²) in [5.41, 5.74) is 7.22. The highest BCUT2D eigenvalue weighted by atomic mass is 32.2. The number of sulfonamides is 1. The van der Waals surface area contributed by atoms with Gasteiger partial charge >= 0.3 is 0 Å². The predicted octanol–water partition coefficient (Wildman–Crippen LogP) is 2.53. The van der Waals surface area contributed by atoms with Gasteiger partial charge in [0, 0.05) is 31.6 Å². The first-order chi connectivity index (χ1) is 16.2. The van der Waals surface area contributed by atoms with Crippen molar-refractivity contribution in [1.29, 1.82) is 0 Å². The summed E-state index contributed by atoms with van der Waals surface area (Å²) in [6.07, 6.45) is 5.15. The van der Waals surface area contributed by atoms with E-state index in [1.165, 1.54) is 18.3 Å². The van der Waals surface area contributed by atoms with Crippen LogP contribution in [0.25, 0.3) is 0 Å². The van der Waals surface area contributed by atoms with E-state index in [-0.39, 0.29) is 16.1 Å². The van der Waals surface area contributed by atoms with Crippen molar-refractivity contribution in [2.75, 3.05) is 24.0 Å². The van der Waals surface area contributed by atoms with Crippen molar-refractivity contribution in [3.63, 3.8) is 0 Å². The number of nitrogens with one attached hydrogen (secondary N) is 2. The third-order valence-corrected chi connectivity index (χ3v) is 6.87. The Morgan fingerprint density at radius 3 is 2.59 bits per heavy atom. The van der Waals surface area contributed by atoms with Crippen molar-refractivity contribution >= 4 is 38.9 Å². The van der Waals surface area contributed by atoms with Gasteiger partial charge in [-0.2, -0.15) is 10.2 Å². The van der Waals surface area contributed by atoms with Gasteiger partial charge in [-0.15, -0.1) is 0 Å². The number of hydrogen-bond donors (Lipinski definition) is 3. The first kappa shape index (κ1) is 23.7. The Labute approximate surface area is 197 Å². The van der Waals surface area contributed by atoms with E-state index >= 15 is 0 Å². The Morgan fingerprint density at radius 1 is 1.24 bits per heavy atom. The van der Waals surface area contributed by atoms with E-state index in [4.69, 9.17) is 10.6 Å². The molecule has 2 aromatic heterocycles. The van der Waals surface area contributed by atoms with E-state index in [9.17, 15) is 13.2 Å². The van der Waals surface area contributed by atoms with Crippen LogP contribution in [0.15, 0.2) is 47.6 Å². The number of pyridine rings is 1. The monoisotopic (exact) mass is 485 g/mol. The van der Waals surface area contributed by atoms with Gasteiger partial charge in [-0.1, -0.05) is 6.07 Å². The minimum atomic E-state index is -3.78. The van der Waals surface area contributed by atoms with Crippen LogP contribution in [-0.2, 0) is 21.9 Å². The predicted molar refractivity (Wildman–Crippen MR) is 128 cm³/mol. The maximum absolute atomic E-state index is 12.8. The van der Waals surface area contributed by atoms with E-state index in [0.717, 1.165) is 18.4 Å². The Morgan fingerprint density at radius 2 is 2.00 bits per heavy atom. The fraction of sp³-hybridized carbons (Fsp3) is 0.318. The second-order valence-electron chi connectivity index (χ2n) is 7.87. The molecule has 1 aliphatic rings. The molecule has 12 heteroatoms. The van der Waals surface area contributed by atoms with Gasteiger partial charge in [-0.05, 0) is 50.4 Å². The molecule has 2 heterocycles. The van der Waals surface area contributed by atoms with Crippen molar-refractivity contribution in [2.45, 2.75) is 30.6 Å². The molecule has 3 aromatic rings. The number of anilines is 4. The van der Waals surface area contributed by atoms with E-state index in [1.807, 2.05) is 13.0 Å². The molecule has 0 saturated heterocycles. The van der Waals surface area contributed by atoms with Crippen LogP contribution in [0.3, 0.4) is 0 Å². The first-order valence-electron chi connectivity index (χ1n) is 10.8. The zero-order chi connectivity index (χ0) is 24.5. The number of aryl methyl sites for hydroxylation is 1. The van der Waals surface area contributed by atoms with Crippen molar-refractivity contribution in [2.24, 2.45) is 12.8 Å². The SMILES string of the molecule is CCON(c1cc(Nc2ccc(C3CC3)cc2S(=O)(=O)NC)c(C(N)=O)cn1)c1ccn(C)n1. The first-order valence-corrected chi connectivity index (χ1v) is 12.3. The van der Waals surface area contributed by atoms with Gasteiger partial charge in [0.2, 0.25) is 10.0 Å². The third-order valence-electron chi connectivity index (χ3n) is 5.41. The summed E-state index contributed by atoms with van der Waals surface area (Å²) < 4.78 is 29.5. The van der Waals surface area contributed by atoms with Crippen LogP contribution in [0, 0.1) is 0 Å². The lowest BCUT2D eigenvalue weighted by molar-refractivity contribution is 0.100. The highest BCUT2D eigenvalue weighted by Crippen LogP contribution is 2.42. The fourth-order valence-corrected chi connectivity index (χ4v) is 4.45. The molecule has 34 heavy (non-hydrogen) atoms. The summed E-state index contributed by atoms with van der Waals surface area (Å²) >= 11 is 0. The number of nitrogens with two attached hydrogens (primary N) is 1. The molecule has 0 aliphatic heterocycles. The highest BCUT2D eigenvalue weighted by Gasteiger charge is 2.27. The maximum Gasteiger partial charge on any atom is 0.252 e. The summed E-state index contributed by atoms with van der Waals surface area (Å²) in [6, 6.07) is 8.57. The van der Waals surface area contributed by atoms with Crippen LogP contribution in [0.2, 0.25) is 0 Å². The molecule has 1 fully saturated rings. The summed E-state index contributed by atoms with van der Waals surface area (Å²) in [4.78, 5) is 22.3. The molecule has 0 radical (unpaired) electrons. The van der Waals surface area contributed by atoms with Crippen molar-refractivity contribution < 1.29 is 18.0 Å². The summed E-state index contributed by atoms with van der Waals surface area (Å²) in [6.45, 7) is 2.16. The highest BCUT2D eigenvalue weighted by molar-refractivity contribution is 7.89. The second kappa shape index (κ2) is 9.41. The lowest BCUT2D eigenvalue weighted by Gasteiger charge is -2.21. The van der Waals surface area contributed by atoms with Gasteiger partial charge in [-0.25, -0.2) is 18.1 Å². The smallest absolute Gasteiger partial charge is 0.252 e. The Bertz CT molecular complexity index is 1320. The molecule has 0 unspecified atom stereocenters.